The maximum absolute atomic E-state index is 11.9. The molecule has 120 valence electrons. The van der Waals surface area contributed by atoms with E-state index in [9.17, 15) is 4.79 Å². The van der Waals surface area contributed by atoms with E-state index in [1.165, 1.54) is 6.42 Å². The largest absolute Gasteiger partial charge is 0.354 e. The van der Waals surface area contributed by atoms with Crippen LogP contribution < -0.4 is 10.6 Å². The monoisotopic (exact) mass is 285 g/mol. The molecule has 0 aliphatic rings. The first-order chi connectivity index (χ1) is 9.40. The molecule has 0 aromatic rings. The fraction of sp³-hybridized carbons (Fsp3) is 0.938. The van der Waals surface area contributed by atoms with Crippen LogP contribution in [0.25, 0.3) is 0 Å². The third-order valence-electron chi connectivity index (χ3n) is 3.62. The molecule has 0 heterocycles. The van der Waals surface area contributed by atoms with Crippen molar-refractivity contribution in [3.05, 3.63) is 0 Å². The first kappa shape index (κ1) is 19.4. The van der Waals surface area contributed by atoms with Crippen molar-refractivity contribution in [2.75, 3.05) is 26.2 Å². The average Bonchev–Trinajstić information content (AvgIpc) is 2.40. The van der Waals surface area contributed by atoms with Gasteiger partial charge >= 0.3 is 0 Å². The molecule has 0 bridgehead atoms. The fourth-order valence-corrected chi connectivity index (χ4v) is 2.20. The number of amides is 1. The molecular weight excluding hydrogens is 250 g/mol. The third-order valence-corrected chi connectivity index (χ3v) is 3.62. The molecule has 0 rings (SSSR count). The highest BCUT2D eigenvalue weighted by Crippen LogP contribution is 2.01. The van der Waals surface area contributed by atoms with Crippen molar-refractivity contribution in [2.45, 2.75) is 66.5 Å². The molecule has 4 heteroatoms. The van der Waals surface area contributed by atoms with Crippen molar-refractivity contribution >= 4 is 5.91 Å². The fourth-order valence-electron chi connectivity index (χ4n) is 2.20. The molecule has 20 heavy (non-hydrogen) atoms. The molecule has 0 spiro atoms. The lowest BCUT2D eigenvalue weighted by atomic mass is 10.1. The summed E-state index contributed by atoms with van der Waals surface area (Å²) in [5.74, 6) is 0.604. The van der Waals surface area contributed by atoms with Crippen LogP contribution in [0.1, 0.15) is 54.4 Å². The Bertz CT molecular complexity index is 252. The number of nitrogens with one attached hydrogen (secondary N) is 2. The Kier molecular flexibility index (Phi) is 10.8. The SMILES string of the molecule is CCN(CC)CCCC(C)NC(C)C(=O)NCC(C)C. The van der Waals surface area contributed by atoms with Crippen molar-refractivity contribution in [3.8, 4) is 0 Å². The van der Waals surface area contributed by atoms with E-state index in [1.54, 1.807) is 0 Å². The summed E-state index contributed by atoms with van der Waals surface area (Å²) in [6.07, 6.45) is 2.29. The Morgan fingerprint density at radius 2 is 1.70 bits per heavy atom. The Balaban J connectivity index is 3.83. The lowest BCUT2D eigenvalue weighted by Gasteiger charge is -2.22. The maximum Gasteiger partial charge on any atom is 0.236 e. The summed E-state index contributed by atoms with van der Waals surface area (Å²) < 4.78 is 0. The molecular formula is C16H35N3O. The summed E-state index contributed by atoms with van der Waals surface area (Å²) in [4.78, 5) is 14.3. The van der Waals surface area contributed by atoms with E-state index in [1.807, 2.05) is 6.92 Å². The highest BCUT2D eigenvalue weighted by Gasteiger charge is 2.15. The summed E-state index contributed by atoms with van der Waals surface area (Å²) in [6.45, 7) is 16.8. The Labute approximate surface area is 125 Å². The van der Waals surface area contributed by atoms with E-state index < -0.39 is 0 Å². The van der Waals surface area contributed by atoms with Crippen molar-refractivity contribution in [3.63, 3.8) is 0 Å². The summed E-state index contributed by atoms with van der Waals surface area (Å²) >= 11 is 0. The maximum atomic E-state index is 11.9. The van der Waals surface area contributed by atoms with Crippen LogP contribution in [0.2, 0.25) is 0 Å². The van der Waals surface area contributed by atoms with E-state index in [0.717, 1.165) is 32.6 Å². The van der Waals surface area contributed by atoms with Crippen molar-refractivity contribution < 1.29 is 4.79 Å². The van der Waals surface area contributed by atoms with Crippen LogP contribution in [0.15, 0.2) is 0 Å². The van der Waals surface area contributed by atoms with Crippen LogP contribution in [0.4, 0.5) is 0 Å². The minimum absolute atomic E-state index is 0.106. The zero-order valence-corrected chi connectivity index (χ0v) is 14.3. The molecule has 0 aromatic carbocycles. The van der Waals surface area contributed by atoms with Gasteiger partial charge in [-0.25, -0.2) is 0 Å². The molecule has 0 fully saturated rings. The van der Waals surface area contributed by atoms with Gasteiger partial charge in [-0.05, 0) is 52.2 Å². The van der Waals surface area contributed by atoms with Crippen LogP contribution in [0.3, 0.4) is 0 Å². The molecule has 2 unspecified atom stereocenters. The van der Waals surface area contributed by atoms with Gasteiger partial charge in [0.1, 0.15) is 0 Å². The van der Waals surface area contributed by atoms with E-state index in [-0.39, 0.29) is 11.9 Å². The van der Waals surface area contributed by atoms with Gasteiger partial charge in [-0.3, -0.25) is 4.79 Å². The van der Waals surface area contributed by atoms with Crippen LogP contribution in [0, 0.1) is 5.92 Å². The number of hydrogen-bond donors (Lipinski definition) is 2. The number of hydrogen-bond acceptors (Lipinski definition) is 3. The molecule has 0 radical (unpaired) electrons. The number of carbonyl (C=O) groups excluding carboxylic acids is 1. The van der Waals surface area contributed by atoms with Gasteiger partial charge in [0.2, 0.25) is 5.91 Å². The summed E-state index contributed by atoms with van der Waals surface area (Å²) in [6, 6.07) is 0.266. The molecule has 0 saturated carbocycles. The second kappa shape index (κ2) is 11.1. The molecule has 0 aromatic heterocycles. The van der Waals surface area contributed by atoms with Crippen LogP contribution in [-0.2, 0) is 4.79 Å². The molecule has 0 saturated heterocycles. The molecule has 2 N–H and O–H groups in total. The average molecular weight is 285 g/mol. The van der Waals surface area contributed by atoms with Gasteiger partial charge in [0, 0.05) is 12.6 Å². The Hall–Kier alpha value is -0.610. The lowest BCUT2D eigenvalue weighted by molar-refractivity contribution is -0.123. The van der Waals surface area contributed by atoms with E-state index >= 15 is 0 Å². The molecule has 0 aliphatic carbocycles. The van der Waals surface area contributed by atoms with Crippen molar-refractivity contribution in [1.29, 1.82) is 0 Å². The number of nitrogens with zero attached hydrogens (tertiary/aromatic N) is 1. The topological polar surface area (TPSA) is 44.4 Å². The van der Waals surface area contributed by atoms with Gasteiger partial charge in [0.05, 0.1) is 6.04 Å². The van der Waals surface area contributed by atoms with E-state index in [2.05, 4.69) is 50.2 Å². The lowest BCUT2D eigenvalue weighted by Crippen LogP contribution is -2.46. The van der Waals surface area contributed by atoms with Gasteiger partial charge in [-0.1, -0.05) is 27.7 Å². The number of carbonyl (C=O) groups is 1. The van der Waals surface area contributed by atoms with Gasteiger partial charge < -0.3 is 15.5 Å². The summed E-state index contributed by atoms with van der Waals surface area (Å²) in [7, 11) is 0. The normalized spacial score (nSPS) is 14.6. The Morgan fingerprint density at radius 1 is 1.10 bits per heavy atom. The zero-order valence-electron chi connectivity index (χ0n) is 14.3. The van der Waals surface area contributed by atoms with Gasteiger partial charge in [0.25, 0.3) is 0 Å². The molecule has 4 nitrogen and oxygen atoms in total. The van der Waals surface area contributed by atoms with Gasteiger partial charge in [-0.15, -0.1) is 0 Å². The predicted octanol–water partition coefficient (Wildman–Crippen LogP) is 2.25. The highest BCUT2D eigenvalue weighted by atomic mass is 16.2. The quantitative estimate of drug-likeness (QED) is 0.612. The standard InChI is InChI=1S/C16H35N3O/c1-7-19(8-2)11-9-10-14(5)18-15(6)16(20)17-12-13(3)4/h13-15,18H,7-12H2,1-6H3,(H,17,20). The van der Waals surface area contributed by atoms with Crippen LogP contribution >= 0.6 is 0 Å². The van der Waals surface area contributed by atoms with Crippen molar-refractivity contribution in [1.82, 2.24) is 15.5 Å². The smallest absolute Gasteiger partial charge is 0.236 e. The molecule has 0 aliphatic heterocycles. The van der Waals surface area contributed by atoms with E-state index in [0.29, 0.717) is 12.0 Å². The third kappa shape index (κ3) is 9.32. The molecule has 2 atom stereocenters. The van der Waals surface area contributed by atoms with Gasteiger partial charge in [-0.2, -0.15) is 0 Å². The minimum Gasteiger partial charge on any atom is -0.354 e. The second-order valence-electron chi connectivity index (χ2n) is 6.10. The molecule has 1 amide bonds. The van der Waals surface area contributed by atoms with E-state index in [4.69, 9.17) is 0 Å². The Morgan fingerprint density at radius 3 is 2.20 bits per heavy atom. The van der Waals surface area contributed by atoms with Crippen LogP contribution in [0.5, 0.6) is 0 Å². The minimum atomic E-state index is -0.114. The second-order valence-corrected chi connectivity index (χ2v) is 6.10. The highest BCUT2D eigenvalue weighted by molar-refractivity contribution is 5.81. The first-order valence-corrected chi connectivity index (χ1v) is 8.16. The zero-order chi connectivity index (χ0) is 15.5. The predicted molar refractivity (Wildman–Crippen MR) is 86.9 cm³/mol. The number of rotatable bonds is 11. The first-order valence-electron chi connectivity index (χ1n) is 8.16. The van der Waals surface area contributed by atoms with Crippen LogP contribution in [-0.4, -0.2) is 49.1 Å². The van der Waals surface area contributed by atoms with Gasteiger partial charge in [0.15, 0.2) is 0 Å². The summed E-state index contributed by atoms with van der Waals surface area (Å²) in [5, 5.41) is 6.35. The van der Waals surface area contributed by atoms with Crippen molar-refractivity contribution in [2.24, 2.45) is 5.92 Å². The summed E-state index contributed by atoms with van der Waals surface area (Å²) in [5.41, 5.74) is 0.